The fourth-order valence-corrected chi connectivity index (χ4v) is 4.50. The van der Waals surface area contributed by atoms with Crippen LogP contribution >= 0.6 is 22.7 Å². The molecule has 0 saturated carbocycles. The van der Waals surface area contributed by atoms with Gasteiger partial charge in [-0.1, -0.05) is 11.3 Å². The van der Waals surface area contributed by atoms with Gasteiger partial charge < -0.3 is 16.0 Å². The van der Waals surface area contributed by atoms with Crippen molar-refractivity contribution >= 4 is 45.0 Å². The number of nitrogens with zero attached hydrogens (tertiary/aromatic N) is 3. The van der Waals surface area contributed by atoms with E-state index in [1.54, 1.807) is 5.38 Å². The first kappa shape index (κ1) is 19.3. The molecule has 3 N–H and O–H groups in total. The molecule has 29 heavy (non-hydrogen) atoms. The van der Waals surface area contributed by atoms with Crippen molar-refractivity contribution < 1.29 is 8.78 Å². The SMILES string of the molecule is CN(C)c1ccc(Nc2nc(N)c(-c3nc(-c4ccc(F)c(F)c4)cs3)s2)cc1. The molecule has 0 bridgehead atoms. The highest BCUT2D eigenvalue weighted by atomic mass is 32.1. The quantitative estimate of drug-likeness (QED) is 0.432. The Morgan fingerprint density at radius 3 is 2.45 bits per heavy atom. The van der Waals surface area contributed by atoms with Gasteiger partial charge >= 0.3 is 0 Å². The maximum Gasteiger partial charge on any atom is 0.189 e. The summed E-state index contributed by atoms with van der Waals surface area (Å²) >= 11 is 2.76. The first-order valence-corrected chi connectivity index (χ1v) is 10.3. The van der Waals surface area contributed by atoms with Gasteiger partial charge in [-0.05, 0) is 42.5 Å². The number of rotatable bonds is 5. The molecule has 0 fully saturated rings. The maximum atomic E-state index is 13.5. The van der Waals surface area contributed by atoms with E-state index in [0.29, 0.717) is 27.2 Å². The van der Waals surface area contributed by atoms with Crippen LogP contribution in [0.5, 0.6) is 0 Å². The number of nitrogens with two attached hydrogens (primary N) is 1. The van der Waals surface area contributed by atoms with E-state index in [1.807, 2.05) is 43.3 Å². The van der Waals surface area contributed by atoms with Crippen LogP contribution in [0.3, 0.4) is 0 Å². The molecule has 0 unspecified atom stereocenters. The van der Waals surface area contributed by atoms with Crippen LogP contribution in [-0.4, -0.2) is 24.1 Å². The second kappa shape index (κ2) is 7.76. The van der Waals surface area contributed by atoms with Crippen LogP contribution in [0, 0.1) is 11.6 Å². The second-order valence-corrected chi connectivity index (χ2v) is 8.32. The number of nitrogens with one attached hydrogen (secondary N) is 1. The molecule has 2 aromatic carbocycles. The van der Waals surface area contributed by atoms with Gasteiger partial charge in [-0.15, -0.1) is 11.3 Å². The molecule has 0 atom stereocenters. The Balaban J connectivity index is 1.56. The lowest BCUT2D eigenvalue weighted by Gasteiger charge is -2.12. The topological polar surface area (TPSA) is 67.1 Å². The van der Waals surface area contributed by atoms with Crippen molar-refractivity contribution in [2.24, 2.45) is 0 Å². The molecule has 9 heteroatoms. The number of thiazole rings is 2. The van der Waals surface area contributed by atoms with E-state index in [1.165, 1.54) is 28.7 Å². The third kappa shape index (κ3) is 4.06. The largest absolute Gasteiger partial charge is 0.382 e. The van der Waals surface area contributed by atoms with Crippen molar-refractivity contribution in [3.63, 3.8) is 0 Å². The number of hydrogen-bond acceptors (Lipinski definition) is 7. The van der Waals surface area contributed by atoms with Crippen LogP contribution in [0.1, 0.15) is 0 Å². The average molecular weight is 430 g/mol. The van der Waals surface area contributed by atoms with Gasteiger partial charge in [0.2, 0.25) is 0 Å². The van der Waals surface area contributed by atoms with E-state index in [9.17, 15) is 8.78 Å². The predicted octanol–water partition coefficient (Wildman–Crippen LogP) is 5.60. The van der Waals surface area contributed by atoms with Crippen molar-refractivity contribution in [1.29, 1.82) is 0 Å². The standard InChI is InChI=1S/C20H17F2N5S2/c1-27(2)13-6-4-12(5-7-13)24-20-26-18(23)17(29-20)19-25-16(10-28-19)11-3-8-14(21)15(22)9-11/h3-10H,23H2,1-2H3,(H,24,26). The first-order valence-electron chi connectivity index (χ1n) is 8.63. The third-order valence-electron chi connectivity index (χ3n) is 4.20. The molecule has 0 aliphatic heterocycles. The van der Waals surface area contributed by atoms with Crippen LogP contribution in [0.4, 0.5) is 31.1 Å². The van der Waals surface area contributed by atoms with Gasteiger partial charge in [0.25, 0.3) is 0 Å². The fraction of sp³-hybridized carbons (Fsp3) is 0.100. The monoisotopic (exact) mass is 429 g/mol. The summed E-state index contributed by atoms with van der Waals surface area (Å²) in [5, 5.41) is 6.36. The molecule has 0 aliphatic carbocycles. The molecule has 0 spiro atoms. The van der Waals surface area contributed by atoms with Crippen LogP contribution in [0.2, 0.25) is 0 Å². The maximum absolute atomic E-state index is 13.5. The number of benzene rings is 2. The lowest BCUT2D eigenvalue weighted by atomic mass is 10.2. The van der Waals surface area contributed by atoms with Gasteiger partial charge in [0.05, 0.1) is 5.69 Å². The van der Waals surface area contributed by atoms with Crippen LogP contribution in [0.25, 0.3) is 21.1 Å². The second-order valence-electron chi connectivity index (χ2n) is 6.47. The molecule has 2 heterocycles. The molecule has 4 rings (SSSR count). The van der Waals surface area contributed by atoms with E-state index in [4.69, 9.17) is 5.73 Å². The minimum Gasteiger partial charge on any atom is -0.382 e. The molecule has 0 saturated heterocycles. The molecule has 4 aromatic rings. The zero-order valence-electron chi connectivity index (χ0n) is 15.6. The Morgan fingerprint density at radius 2 is 1.76 bits per heavy atom. The molecule has 5 nitrogen and oxygen atoms in total. The molecule has 0 aliphatic rings. The number of aromatic nitrogens is 2. The summed E-state index contributed by atoms with van der Waals surface area (Å²) in [5.74, 6) is -1.42. The van der Waals surface area contributed by atoms with Gasteiger partial charge in [-0.3, -0.25) is 0 Å². The van der Waals surface area contributed by atoms with Gasteiger partial charge in [-0.2, -0.15) is 0 Å². The van der Waals surface area contributed by atoms with Gasteiger partial charge in [0.15, 0.2) is 16.8 Å². The summed E-state index contributed by atoms with van der Waals surface area (Å²) in [5.41, 5.74) is 9.16. The Hall–Kier alpha value is -3.04. The summed E-state index contributed by atoms with van der Waals surface area (Å²) < 4.78 is 26.7. The average Bonchev–Trinajstić information content (AvgIpc) is 3.31. The Labute approximate surface area is 174 Å². The first-order chi connectivity index (χ1) is 13.9. The zero-order valence-corrected chi connectivity index (χ0v) is 17.2. The molecule has 0 amide bonds. The smallest absolute Gasteiger partial charge is 0.189 e. The van der Waals surface area contributed by atoms with Gasteiger partial charge in [0, 0.05) is 36.4 Å². The van der Waals surface area contributed by atoms with E-state index in [2.05, 4.69) is 15.3 Å². The van der Waals surface area contributed by atoms with Crippen molar-refractivity contribution in [3.8, 4) is 21.1 Å². The fourth-order valence-electron chi connectivity index (χ4n) is 2.67. The summed E-state index contributed by atoms with van der Waals surface area (Å²) in [7, 11) is 3.97. The van der Waals surface area contributed by atoms with E-state index >= 15 is 0 Å². The molecule has 148 valence electrons. The van der Waals surface area contributed by atoms with Gasteiger partial charge in [-0.25, -0.2) is 18.7 Å². The highest BCUT2D eigenvalue weighted by molar-refractivity contribution is 7.23. The Kier molecular flexibility index (Phi) is 5.16. The highest BCUT2D eigenvalue weighted by Gasteiger charge is 2.16. The summed E-state index contributed by atoms with van der Waals surface area (Å²) in [4.78, 5) is 11.7. The Bertz CT molecular complexity index is 1150. The normalized spacial score (nSPS) is 10.9. The van der Waals surface area contributed by atoms with Crippen molar-refractivity contribution in [3.05, 3.63) is 59.5 Å². The van der Waals surface area contributed by atoms with Gasteiger partial charge in [0.1, 0.15) is 15.7 Å². The number of anilines is 4. The summed E-state index contributed by atoms with van der Waals surface area (Å²) in [6, 6.07) is 11.7. The van der Waals surface area contributed by atoms with Crippen LogP contribution in [0.15, 0.2) is 47.8 Å². The molecular weight excluding hydrogens is 412 g/mol. The predicted molar refractivity (Wildman–Crippen MR) is 117 cm³/mol. The highest BCUT2D eigenvalue weighted by Crippen LogP contribution is 2.39. The van der Waals surface area contributed by atoms with Crippen molar-refractivity contribution in [2.75, 3.05) is 30.0 Å². The minimum atomic E-state index is -0.902. The van der Waals surface area contributed by atoms with Crippen molar-refractivity contribution in [1.82, 2.24) is 9.97 Å². The zero-order chi connectivity index (χ0) is 20.5. The number of halogens is 2. The minimum absolute atomic E-state index is 0.369. The van der Waals surface area contributed by atoms with Crippen LogP contribution < -0.4 is 16.0 Å². The number of hydrogen-bond donors (Lipinski definition) is 2. The summed E-state index contributed by atoms with van der Waals surface area (Å²) in [6.45, 7) is 0. The lowest BCUT2D eigenvalue weighted by Crippen LogP contribution is -2.08. The summed E-state index contributed by atoms with van der Waals surface area (Å²) in [6.07, 6.45) is 0. The number of nitrogen functional groups attached to an aromatic ring is 1. The van der Waals surface area contributed by atoms with E-state index < -0.39 is 11.6 Å². The lowest BCUT2D eigenvalue weighted by molar-refractivity contribution is 0.509. The van der Waals surface area contributed by atoms with Crippen molar-refractivity contribution in [2.45, 2.75) is 0 Å². The third-order valence-corrected chi connectivity index (χ3v) is 6.18. The molecule has 0 radical (unpaired) electrons. The van der Waals surface area contributed by atoms with E-state index in [0.717, 1.165) is 28.4 Å². The Morgan fingerprint density at radius 1 is 1.00 bits per heavy atom. The van der Waals surface area contributed by atoms with E-state index in [-0.39, 0.29) is 0 Å². The molecular formula is C20H17F2N5S2. The molecule has 2 aromatic heterocycles. The van der Waals surface area contributed by atoms with Crippen LogP contribution in [-0.2, 0) is 0 Å².